The summed E-state index contributed by atoms with van der Waals surface area (Å²) in [6.07, 6.45) is 1.73. The minimum Gasteiger partial charge on any atom is -0.392 e. The molecule has 0 bridgehead atoms. The van der Waals surface area contributed by atoms with Gasteiger partial charge in [0.25, 0.3) is 0 Å². The van der Waals surface area contributed by atoms with Crippen molar-refractivity contribution >= 4 is 33.1 Å². The van der Waals surface area contributed by atoms with E-state index in [-0.39, 0.29) is 6.61 Å². The maximum absolute atomic E-state index is 9.07. The average molecular weight is 327 g/mol. The second kappa shape index (κ2) is 5.82. The molecule has 2 rings (SSSR count). The second-order valence-electron chi connectivity index (χ2n) is 4.23. The Kier molecular flexibility index (Phi) is 4.37. The van der Waals surface area contributed by atoms with Crippen LogP contribution in [0.1, 0.15) is 16.0 Å². The van der Waals surface area contributed by atoms with E-state index in [1.54, 1.807) is 17.5 Å². The number of aliphatic hydroxyl groups excluding tert-OH is 1. The molecule has 0 saturated heterocycles. The van der Waals surface area contributed by atoms with Gasteiger partial charge in [0.05, 0.1) is 13.2 Å². The summed E-state index contributed by atoms with van der Waals surface area (Å²) in [5.74, 6) is 0.955. The lowest BCUT2D eigenvalue weighted by Gasteiger charge is -2.19. The third-order valence-corrected chi connectivity index (χ3v) is 4.35. The molecule has 0 amide bonds. The number of rotatable bonds is 4. The van der Waals surface area contributed by atoms with Gasteiger partial charge in [0.1, 0.15) is 5.82 Å². The minimum atomic E-state index is 0.0374. The average Bonchev–Trinajstić information content (AvgIpc) is 2.74. The van der Waals surface area contributed by atoms with Crippen LogP contribution in [0.2, 0.25) is 0 Å². The first kappa shape index (κ1) is 13.5. The summed E-state index contributed by atoms with van der Waals surface area (Å²) < 4.78 is 1.12. The highest BCUT2D eigenvalue weighted by molar-refractivity contribution is 9.10. The van der Waals surface area contributed by atoms with E-state index in [1.807, 2.05) is 20.0 Å². The second-order valence-corrected chi connectivity index (χ2v) is 6.14. The van der Waals surface area contributed by atoms with Crippen LogP contribution in [0.25, 0.3) is 0 Å². The Morgan fingerprint density at radius 1 is 1.44 bits per heavy atom. The van der Waals surface area contributed by atoms with Crippen molar-refractivity contribution in [2.75, 3.05) is 11.9 Å². The Labute approximate surface area is 119 Å². The number of halogens is 1. The molecule has 0 aliphatic heterocycles. The molecule has 0 radical (unpaired) electrons. The van der Waals surface area contributed by atoms with Crippen molar-refractivity contribution in [2.45, 2.75) is 20.1 Å². The van der Waals surface area contributed by atoms with E-state index >= 15 is 0 Å². The highest BCUT2D eigenvalue weighted by Crippen LogP contribution is 2.24. The summed E-state index contributed by atoms with van der Waals surface area (Å²) in [6, 6.07) is 4.10. The molecule has 0 aromatic carbocycles. The minimum absolute atomic E-state index is 0.0374. The Bertz CT molecular complexity index is 542. The smallest absolute Gasteiger partial charge is 0.131 e. The van der Waals surface area contributed by atoms with Crippen LogP contribution in [0.5, 0.6) is 0 Å². The molecule has 3 nitrogen and oxygen atoms in total. The highest BCUT2D eigenvalue weighted by atomic mass is 79.9. The number of thiophene rings is 1. The van der Waals surface area contributed by atoms with Gasteiger partial charge in [0, 0.05) is 28.0 Å². The van der Waals surface area contributed by atoms with Crippen molar-refractivity contribution < 1.29 is 5.11 Å². The standard InChI is InChI=1S/C13H15BrN2OS/c1-9-3-10(7-17)5-15-13(9)16(2)6-12-4-11(14)8-18-12/h3-5,8,17H,6-7H2,1-2H3. The molecule has 1 N–H and O–H groups in total. The van der Waals surface area contributed by atoms with Crippen LogP contribution in [-0.4, -0.2) is 17.1 Å². The maximum Gasteiger partial charge on any atom is 0.131 e. The monoisotopic (exact) mass is 326 g/mol. The molecular weight excluding hydrogens is 312 g/mol. The quantitative estimate of drug-likeness (QED) is 0.936. The first-order chi connectivity index (χ1) is 8.60. The number of pyridine rings is 1. The summed E-state index contributed by atoms with van der Waals surface area (Å²) in [5, 5.41) is 11.2. The zero-order chi connectivity index (χ0) is 13.1. The lowest BCUT2D eigenvalue weighted by molar-refractivity contribution is 0.281. The van der Waals surface area contributed by atoms with Crippen LogP contribution in [-0.2, 0) is 13.2 Å². The van der Waals surface area contributed by atoms with Gasteiger partial charge in [-0.25, -0.2) is 4.98 Å². The van der Waals surface area contributed by atoms with Crippen LogP contribution < -0.4 is 4.90 Å². The van der Waals surface area contributed by atoms with E-state index in [1.165, 1.54) is 4.88 Å². The molecule has 0 unspecified atom stereocenters. The van der Waals surface area contributed by atoms with Crippen molar-refractivity contribution in [3.63, 3.8) is 0 Å². The molecule has 96 valence electrons. The first-order valence-electron chi connectivity index (χ1n) is 5.60. The van der Waals surface area contributed by atoms with Crippen molar-refractivity contribution in [1.29, 1.82) is 0 Å². The summed E-state index contributed by atoms with van der Waals surface area (Å²) >= 11 is 5.19. The van der Waals surface area contributed by atoms with Gasteiger partial charge in [-0.05, 0) is 46.1 Å². The van der Waals surface area contributed by atoms with Gasteiger partial charge in [-0.15, -0.1) is 11.3 Å². The highest BCUT2D eigenvalue weighted by Gasteiger charge is 2.09. The van der Waals surface area contributed by atoms with E-state index in [9.17, 15) is 0 Å². The number of anilines is 1. The molecule has 0 spiro atoms. The molecule has 0 fully saturated rings. The number of aryl methyl sites for hydroxylation is 1. The Morgan fingerprint density at radius 2 is 2.22 bits per heavy atom. The predicted molar refractivity (Wildman–Crippen MR) is 79.0 cm³/mol. The number of aromatic nitrogens is 1. The van der Waals surface area contributed by atoms with E-state index < -0.39 is 0 Å². The van der Waals surface area contributed by atoms with Crippen LogP contribution >= 0.6 is 27.3 Å². The predicted octanol–water partition coefficient (Wildman–Crippen LogP) is 3.34. The number of aliphatic hydroxyl groups is 1. The Balaban J connectivity index is 2.15. The lowest BCUT2D eigenvalue weighted by atomic mass is 10.2. The zero-order valence-corrected chi connectivity index (χ0v) is 12.8. The van der Waals surface area contributed by atoms with Crippen LogP contribution in [0.3, 0.4) is 0 Å². The fourth-order valence-electron chi connectivity index (χ4n) is 1.86. The SMILES string of the molecule is Cc1cc(CO)cnc1N(C)Cc1cc(Br)cs1. The molecule has 2 aromatic heterocycles. The van der Waals surface area contributed by atoms with Gasteiger partial charge < -0.3 is 10.0 Å². The van der Waals surface area contributed by atoms with Crippen molar-refractivity contribution in [2.24, 2.45) is 0 Å². The third kappa shape index (κ3) is 3.10. The van der Waals surface area contributed by atoms with Crippen LogP contribution in [0, 0.1) is 6.92 Å². The Hall–Kier alpha value is -0.910. The number of hydrogen-bond donors (Lipinski definition) is 1. The molecular formula is C13H15BrN2OS. The van der Waals surface area contributed by atoms with Crippen LogP contribution in [0.15, 0.2) is 28.2 Å². The summed E-state index contributed by atoms with van der Waals surface area (Å²) in [5.41, 5.74) is 1.93. The summed E-state index contributed by atoms with van der Waals surface area (Å²) in [7, 11) is 2.03. The normalized spacial score (nSPS) is 10.7. The Morgan fingerprint density at radius 3 is 2.78 bits per heavy atom. The molecule has 0 aliphatic rings. The van der Waals surface area contributed by atoms with E-state index in [0.29, 0.717) is 0 Å². The molecule has 0 saturated carbocycles. The first-order valence-corrected chi connectivity index (χ1v) is 7.28. The van der Waals surface area contributed by atoms with Gasteiger partial charge in [-0.1, -0.05) is 0 Å². The fourth-order valence-corrected chi connectivity index (χ4v) is 3.36. The topological polar surface area (TPSA) is 36.4 Å². The van der Waals surface area contributed by atoms with Crippen LogP contribution in [0.4, 0.5) is 5.82 Å². The number of nitrogens with zero attached hydrogens (tertiary/aromatic N) is 2. The van der Waals surface area contributed by atoms with Crippen molar-refractivity contribution in [3.8, 4) is 0 Å². The maximum atomic E-state index is 9.07. The molecule has 0 aliphatic carbocycles. The molecule has 2 aromatic rings. The number of hydrogen-bond acceptors (Lipinski definition) is 4. The summed E-state index contributed by atoms with van der Waals surface area (Å²) in [4.78, 5) is 7.82. The van der Waals surface area contributed by atoms with E-state index in [2.05, 4.69) is 37.3 Å². The lowest BCUT2D eigenvalue weighted by Crippen LogP contribution is -2.18. The zero-order valence-electron chi connectivity index (χ0n) is 10.4. The molecule has 2 heterocycles. The van der Waals surface area contributed by atoms with Crippen molar-refractivity contribution in [1.82, 2.24) is 4.98 Å². The third-order valence-electron chi connectivity index (χ3n) is 2.67. The van der Waals surface area contributed by atoms with Gasteiger partial charge in [-0.3, -0.25) is 0 Å². The molecule has 0 atom stereocenters. The van der Waals surface area contributed by atoms with Crippen molar-refractivity contribution in [3.05, 3.63) is 44.2 Å². The van der Waals surface area contributed by atoms with E-state index in [0.717, 1.165) is 28.0 Å². The summed E-state index contributed by atoms with van der Waals surface area (Å²) in [6.45, 7) is 2.89. The van der Waals surface area contributed by atoms with Gasteiger partial charge in [0.15, 0.2) is 0 Å². The molecule has 5 heteroatoms. The molecule has 18 heavy (non-hydrogen) atoms. The van der Waals surface area contributed by atoms with Gasteiger partial charge >= 0.3 is 0 Å². The van der Waals surface area contributed by atoms with Gasteiger partial charge in [-0.2, -0.15) is 0 Å². The fraction of sp³-hybridized carbons (Fsp3) is 0.308. The largest absolute Gasteiger partial charge is 0.392 e. The van der Waals surface area contributed by atoms with Gasteiger partial charge in [0.2, 0.25) is 0 Å². The van der Waals surface area contributed by atoms with E-state index in [4.69, 9.17) is 5.11 Å².